The average molecular weight is 424 g/mol. The molecule has 3 heterocycles. The Labute approximate surface area is 182 Å². The third-order valence-corrected chi connectivity index (χ3v) is 5.81. The maximum absolute atomic E-state index is 12.9. The minimum Gasteiger partial charge on any atom is -0.496 e. The summed E-state index contributed by atoms with van der Waals surface area (Å²) in [7, 11) is 1.67. The number of piperidine rings is 1. The van der Waals surface area contributed by atoms with Gasteiger partial charge in [-0.15, -0.1) is 0 Å². The number of methoxy groups -OCH3 is 1. The first kappa shape index (κ1) is 21.1. The van der Waals surface area contributed by atoms with E-state index in [4.69, 9.17) is 9.26 Å². The van der Waals surface area contributed by atoms with E-state index in [0.29, 0.717) is 24.6 Å². The van der Waals surface area contributed by atoms with Gasteiger partial charge < -0.3 is 19.5 Å². The molecule has 1 atom stereocenters. The third kappa shape index (κ3) is 4.47. The van der Waals surface area contributed by atoms with Gasteiger partial charge in [0.15, 0.2) is 0 Å². The van der Waals surface area contributed by atoms with Gasteiger partial charge in [-0.25, -0.2) is 4.98 Å². The van der Waals surface area contributed by atoms with Gasteiger partial charge in [0.05, 0.1) is 18.7 Å². The number of anilines is 1. The van der Waals surface area contributed by atoms with Gasteiger partial charge in [-0.05, 0) is 44.2 Å². The van der Waals surface area contributed by atoms with Gasteiger partial charge in [0.2, 0.25) is 5.91 Å². The van der Waals surface area contributed by atoms with Crippen molar-refractivity contribution in [1.29, 1.82) is 0 Å². The lowest BCUT2D eigenvalue weighted by molar-refractivity contribution is -0.125. The fraction of sp³-hybridized carbons (Fsp3) is 0.478. The lowest BCUT2D eigenvalue weighted by Gasteiger charge is -2.33. The SMILES string of the molecule is CCc1noc2nc(C)nc(N3CCC[C@H](C(=O)NCCc4ccccc4OC)C3)c12. The molecular formula is C23H29N5O3. The Kier molecular flexibility index (Phi) is 6.34. The third-order valence-electron chi connectivity index (χ3n) is 5.81. The maximum Gasteiger partial charge on any atom is 0.263 e. The number of aryl methyl sites for hydroxylation is 2. The number of aromatic nitrogens is 3. The fourth-order valence-corrected chi connectivity index (χ4v) is 4.22. The van der Waals surface area contributed by atoms with Crippen molar-refractivity contribution in [2.45, 2.75) is 39.5 Å². The molecule has 3 aromatic rings. The number of ether oxygens (including phenoxy) is 1. The molecule has 0 saturated carbocycles. The van der Waals surface area contributed by atoms with Gasteiger partial charge >= 0.3 is 0 Å². The highest BCUT2D eigenvalue weighted by atomic mass is 16.5. The standard InChI is InChI=1S/C23H29N5O3/c1-4-18-20-21(25-15(2)26-23(20)31-27-18)28-13-7-9-17(14-28)22(29)24-12-11-16-8-5-6-10-19(16)30-3/h5-6,8,10,17H,4,7,9,11-14H2,1-3H3,(H,24,29)/t17-/m0/s1. The van der Waals surface area contributed by atoms with Crippen LogP contribution in [0, 0.1) is 12.8 Å². The van der Waals surface area contributed by atoms with Gasteiger partial charge in [-0.3, -0.25) is 4.79 Å². The van der Waals surface area contributed by atoms with Crippen LogP contribution < -0.4 is 15.0 Å². The van der Waals surface area contributed by atoms with E-state index in [-0.39, 0.29) is 11.8 Å². The number of carbonyl (C=O) groups excluding carboxylic acids is 1. The van der Waals surface area contributed by atoms with Gasteiger partial charge in [-0.1, -0.05) is 30.3 Å². The minimum absolute atomic E-state index is 0.0818. The predicted octanol–water partition coefficient (Wildman–Crippen LogP) is 3.07. The van der Waals surface area contributed by atoms with E-state index in [9.17, 15) is 4.79 Å². The van der Waals surface area contributed by atoms with Gasteiger partial charge in [0.1, 0.15) is 22.8 Å². The van der Waals surface area contributed by atoms with E-state index >= 15 is 0 Å². The quantitative estimate of drug-likeness (QED) is 0.624. The lowest BCUT2D eigenvalue weighted by atomic mass is 9.96. The van der Waals surface area contributed by atoms with Crippen LogP contribution in [0.5, 0.6) is 5.75 Å². The Bertz CT molecular complexity index is 1060. The molecule has 1 aliphatic heterocycles. The van der Waals surface area contributed by atoms with Crippen molar-refractivity contribution in [3.63, 3.8) is 0 Å². The van der Waals surface area contributed by atoms with Crippen LogP contribution in [0.1, 0.15) is 36.8 Å². The Morgan fingerprint density at radius 1 is 1.32 bits per heavy atom. The number of nitrogens with zero attached hydrogens (tertiary/aromatic N) is 4. The molecule has 0 bridgehead atoms. The van der Waals surface area contributed by atoms with Crippen LogP contribution in [0.15, 0.2) is 28.8 Å². The molecule has 0 unspecified atom stereocenters. The number of carbonyl (C=O) groups is 1. The number of fused-ring (bicyclic) bond motifs is 1. The Balaban J connectivity index is 1.43. The second kappa shape index (κ2) is 9.32. The highest BCUT2D eigenvalue weighted by Crippen LogP contribution is 2.31. The summed E-state index contributed by atoms with van der Waals surface area (Å²) in [6, 6.07) is 7.90. The summed E-state index contributed by atoms with van der Waals surface area (Å²) < 4.78 is 10.8. The van der Waals surface area contributed by atoms with Crippen molar-refractivity contribution >= 4 is 22.8 Å². The molecule has 0 radical (unpaired) electrons. The number of amides is 1. The second-order valence-electron chi connectivity index (χ2n) is 7.90. The van der Waals surface area contributed by atoms with E-state index in [2.05, 4.69) is 25.3 Å². The maximum atomic E-state index is 12.9. The molecule has 8 nitrogen and oxygen atoms in total. The van der Waals surface area contributed by atoms with Crippen LogP contribution >= 0.6 is 0 Å². The average Bonchev–Trinajstić information content (AvgIpc) is 3.21. The highest BCUT2D eigenvalue weighted by molar-refractivity contribution is 5.89. The highest BCUT2D eigenvalue weighted by Gasteiger charge is 2.29. The summed E-state index contributed by atoms with van der Waals surface area (Å²) in [5.41, 5.74) is 2.46. The van der Waals surface area contributed by atoms with E-state index < -0.39 is 0 Å². The van der Waals surface area contributed by atoms with Crippen LogP contribution in [0.2, 0.25) is 0 Å². The Morgan fingerprint density at radius 2 is 2.16 bits per heavy atom. The number of benzene rings is 1. The minimum atomic E-state index is -0.0818. The molecule has 1 amide bonds. The Hall–Kier alpha value is -3.16. The van der Waals surface area contributed by atoms with E-state index in [1.165, 1.54) is 0 Å². The molecule has 1 aromatic carbocycles. The van der Waals surface area contributed by atoms with Crippen LogP contribution in [0.3, 0.4) is 0 Å². The largest absolute Gasteiger partial charge is 0.496 e. The molecule has 2 aromatic heterocycles. The zero-order valence-electron chi connectivity index (χ0n) is 18.4. The summed E-state index contributed by atoms with van der Waals surface area (Å²) in [6.07, 6.45) is 3.28. The summed E-state index contributed by atoms with van der Waals surface area (Å²) in [4.78, 5) is 24.1. The van der Waals surface area contributed by atoms with Crippen molar-refractivity contribution < 1.29 is 14.1 Å². The molecule has 1 aliphatic rings. The van der Waals surface area contributed by atoms with Crippen LogP contribution in [-0.2, 0) is 17.6 Å². The topological polar surface area (TPSA) is 93.4 Å². The molecule has 0 spiro atoms. The van der Waals surface area contributed by atoms with Gasteiger partial charge in [-0.2, -0.15) is 4.98 Å². The summed E-state index contributed by atoms with van der Waals surface area (Å²) >= 11 is 0. The van der Waals surface area contributed by atoms with Crippen LogP contribution in [0.25, 0.3) is 11.1 Å². The predicted molar refractivity (Wildman–Crippen MR) is 118 cm³/mol. The van der Waals surface area contributed by atoms with Crippen molar-refractivity contribution in [2.75, 3.05) is 31.6 Å². The number of rotatable bonds is 7. The molecule has 4 rings (SSSR count). The van der Waals surface area contributed by atoms with Crippen molar-refractivity contribution in [3.05, 3.63) is 41.3 Å². The van der Waals surface area contributed by atoms with E-state index in [1.807, 2.05) is 38.1 Å². The lowest BCUT2D eigenvalue weighted by Crippen LogP contribution is -2.44. The van der Waals surface area contributed by atoms with E-state index in [1.54, 1.807) is 7.11 Å². The molecule has 8 heteroatoms. The normalized spacial score (nSPS) is 16.5. The molecule has 1 N–H and O–H groups in total. The monoisotopic (exact) mass is 423 g/mol. The summed E-state index contributed by atoms with van der Waals surface area (Å²) in [5, 5.41) is 8.13. The van der Waals surface area contributed by atoms with Crippen molar-refractivity contribution in [1.82, 2.24) is 20.4 Å². The number of hydrogen-bond acceptors (Lipinski definition) is 7. The summed E-state index contributed by atoms with van der Waals surface area (Å²) in [5.74, 6) is 2.32. The first-order valence-electron chi connectivity index (χ1n) is 10.9. The molecule has 0 aliphatic carbocycles. The smallest absolute Gasteiger partial charge is 0.263 e. The Morgan fingerprint density at radius 3 is 2.97 bits per heavy atom. The number of para-hydroxylation sites is 1. The van der Waals surface area contributed by atoms with Gasteiger partial charge in [0, 0.05) is 19.6 Å². The van der Waals surface area contributed by atoms with Crippen LogP contribution in [0.4, 0.5) is 5.82 Å². The first-order chi connectivity index (χ1) is 15.1. The van der Waals surface area contributed by atoms with Crippen LogP contribution in [-0.4, -0.2) is 47.8 Å². The number of nitrogens with one attached hydrogen (secondary N) is 1. The summed E-state index contributed by atoms with van der Waals surface area (Å²) in [6.45, 7) is 5.95. The molecular weight excluding hydrogens is 394 g/mol. The van der Waals surface area contributed by atoms with Gasteiger partial charge in [0.25, 0.3) is 5.71 Å². The number of hydrogen-bond donors (Lipinski definition) is 1. The molecule has 1 saturated heterocycles. The second-order valence-corrected chi connectivity index (χ2v) is 7.90. The zero-order valence-corrected chi connectivity index (χ0v) is 18.4. The van der Waals surface area contributed by atoms with Crippen molar-refractivity contribution in [3.8, 4) is 5.75 Å². The molecule has 31 heavy (non-hydrogen) atoms. The molecule has 164 valence electrons. The fourth-order valence-electron chi connectivity index (χ4n) is 4.22. The first-order valence-corrected chi connectivity index (χ1v) is 10.9. The van der Waals surface area contributed by atoms with Crippen molar-refractivity contribution in [2.24, 2.45) is 5.92 Å². The van der Waals surface area contributed by atoms with E-state index in [0.717, 1.165) is 60.4 Å². The zero-order chi connectivity index (χ0) is 21.8. The molecule has 1 fully saturated rings.